The summed E-state index contributed by atoms with van der Waals surface area (Å²) in [6.07, 6.45) is 3.57. The Balaban J connectivity index is 1.47. The SMILES string of the molecule is Cc1ccc(-c2cc(C(=O)NCc3ccccn3)cc(C3=NOC(c4ccccn4)C3)c2)c(F)c1. The normalized spacial score (nSPS) is 14.8. The molecule has 1 aliphatic rings. The molecular formula is C28H23FN4O2. The lowest BCUT2D eigenvalue weighted by Crippen LogP contribution is -2.23. The van der Waals surface area contributed by atoms with Gasteiger partial charge in [0.15, 0.2) is 6.10 Å². The van der Waals surface area contributed by atoms with E-state index in [4.69, 9.17) is 4.84 Å². The number of halogens is 1. The quantitative estimate of drug-likeness (QED) is 0.414. The molecule has 0 fully saturated rings. The minimum atomic E-state index is -0.349. The van der Waals surface area contributed by atoms with Crippen molar-refractivity contribution < 1.29 is 14.0 Å². The van der Waals surface area contributed by atoms with Gasteiger partial charge in [0.2, 0.25) is 0 Å². The maximum Gasteiger partial charge on any atom is 0.251 e. The Kier molecular flexibility index (Phi) is 6.30. The maximum absolute atomic E-state index is 14.9. The van der Waals surface area contributed by atoms with Crippen molar-refractivity contribution in [1.29, 1.82) is 0 Å². The molecule has 0 saturated carbocycles. The second kappa shape index (κ2) is 9.85. The summed E-state index contributed by atoms with van der Waals surface area (Å²) in [6.45, 7) is 2.12. The van der Waals surface area contributed by atoms with Crippen LogP contribution < -0.4 is 5.32 Å². The minimum absolute atomic E-state index is 0.282. The van der Waals surface area contributed by atoms with Gasteiger partial charge in [0, 0.05) is 35.5 Å². The number of amides is 1. The number of rotatable bonds is 6. The third-order valence-corrected chi connectivity index (χ3v) is 5.81. The lowest BCUT2D eigenvalue weighted by atomic mass is 9.94. The number of aromatic nitrogens is 2. The molecule has 1 N–H and O–H groups in total. The molecule has 1 unspecified atom stereocenters. The number of hydrogen-bond donors (Lipinski definition) is 1. The first-order chi connectivity index (χ1) is 17.1. The maximum atomic E-state index is 14.9. The van der Waals surface area contributed by atoms with E-state index >= 15 is 0 Å². The van der Waals surface area contributed by atoms with Gasteiger partial charge in [-0.15, -0.1) is 0 Å². The molecule has 35 heavy (non-hydrogen) atoms. The standard InChI is InChI=1S/C28H23FN4O2/c1-18-8-9-23(24(29)12-18)19-13-20(26-16-27(35-33-26)25-7-3-5-11-31-25)15-21(14-19)28(34)32-17-22-6-2-4-10-30-22/h2-15,27H,16-17H2,1H3,(H,32,34). The van der Waals surface area contributed by atoms with E-state index in [1.807, 2.05) is 55.5 Å². The van der Waals surface area contributed by atoms with Crippen molar-refractivity contribution in [3.8, 4) is 11.1 Å². The van der Waals surface area contributed by atoms with Gasteiger partial charge in [-0.2, -0.15) is 0 Å². The molecule has 1 atom stereocenters. The molecule has 0 aliphatic carbocycles. The lowest BCUT2D eigenvalue weighted by Gasteiger charge is -2.12. The molecule has 2 aromatic heterocycles. The number of carbonyl (C=O) groups is 1. The van der Waals surface area contributed by atoms with Gasteiger partial charge in [-0.25, -0.2) is 4.39 Å². The van der Waals surface area contributed by atoms with Gasteiger partial charge in [-0.1, -0.05) is 29.4 Å². The molecular weight excluding hydrogens is 443 g/mol. The second-order valence-electron chi connectivity index (χ2n) is 8.38. The molecule has 0 spiro atoms. The van der Waals surface area contributed by atoms with Crippen molar-refractivity contribution in [2.75, 3.05) is 0 Å². The fourth-order valence-corrected chi connectivity index (χ4v) is 3.98. The van der Waals surface area contributed by atoms with Gasteiger partial charge in [-0.05, 0) is 66.6 Å². The van der Waals surface area contributed by atoms with E-state index < -0.39 is 0 Å². The molecule has 174 valence electrons. The predicted molar refractivity (Wildman–Crippen MR) is 131 cm³/mol. The summed E-state index contributed by atoms with van der Waals surface area (Å²) in [5.41, 5.74) is 5.12. The van der Waals surface area contributed by atoms with Crippen LogP contribution in [0.5, 0.6) is 0 Å². The average Bonchev–Trinajstić information content (AvgIpc) is 3.39. The van der Waals surface area contributed by atoms with Crippen LogP contribution in [0.3, 0.4) is 0 Å². The fourth-order valence-electron chi connectivity index (χ4n) is 3.98. The van der Waals surface area contributed by atoms with Crippen LogP contribution in [0.2, 0.25) is 0 Å². The number of carbonyl (C=O) groups excluding carboxylic acids is 1. The van der Waals surface area contributed by atoms with E-state index in [2.05, 4.69) is 20.4 Å². The molecule has 4 aromatic rings. The highest BCUT2D eigenvalue weighted by molar-refractivity contribution is 6.05. The van der Waals surface area contributed by atoms with Crippen LogP contribution in [0.1, 0.15) is 45.4 Å². The van der Waals surface area contributed by atoms with Crippen LogP contribution in [0.15, 0.2) is 90.3 Å². The number of aryl methyl sites for hydroxylation is 1. The minimum Gasteiger partial charge on any atom is -0.385 e. The van der Waals surface area contributed by atoms with Crippen molar-refractivity contribution in [3.63, 3.8) is 0 Å². The van der Waals surface area contributed by atoms with E-state index in [9.17, 15) is 9.18 Å². The molecule has 6 nitrogen and oxygen atoms in total. The van der Waals surface area contributed by atoms with Crippen molar-refractivity contribution in [1.82, 2.24) is 15.3 Å². The number of hydrogen-bond acceptors (Lipinski definition) is 5. The van der Waals surface area contributed by atoms with Crippen LogP contribution in [0.4, 0.5) is 4.39 Å². The topological polar surface area (TPSA) is 76.5 Å². The highest BCUT2D eigenvalue weighted by atomic mass is 19.1. The summed E-state index contributed by atoms with van der Waals surface area (Å²) in [4.78, 5) is 27.3. The lowest BCUT2D eigenvalue weighted by molar-refractivity contribution is 0.0826. The van der Waals surface area contributed by atoms with Crippen LogP contribution in [-0.2, 0) is 11.4 Å². The zero-order chi connectivity index (χ0) is 24.2. The van der Waals surface area contributed by atoms with Gasteiger partial charge < -0.3 is 10.2 Å². The first-order valence-electron chi connectivity index (χ1n) is 11.3. The van der Waals surface area contributed by atoms with E-state index in [0.29, 0.717) is 34.4 Å². The van der Waals surface area contributed by atoms with Gasteiger partial charge in [0.05, 0.1) is 23.6 Å². The van der Waals surface area contributed by atoms with Crippen molar-refractivity contribution in [3.05, 3.63) is 119 Å². The zero-order valence-corrected chi connectivity index (χ0v) is 19.1. The van der Waals surface area contributed by atoms with Gasteiger partial charge in [0.25, 0.3) is 5.91 Å². The van der Waals surface area contributed by atoms with Crippen LogP contribution >= 0.6 is 0 Å². The largest absolute Gasteiger partial charge is 0.385 e. The van der Waals surface area contributed by atoms with E-state index in [0.717, 1.165) is 17.0 Å². The summed E-state index contributed by atoms with van der Waals surface area (Å²) in [5, 5.41) is 7.16. The van der Waals surface area contributed by atoms with E-state index in [1.165, 1.54) is 6.07 Å². The first kappa shape index (κ1) is 22.4. The summed E-state index contributed by atoms with van der Waals surface area (Å²) < 4.78 is 14.9. The Morgan fingerprint density at radius 3 is 2.54 bits per heavy atom. The Morgan fingerprint density at radius 2 is 1.80 bits per heavy atom. The Morgan fingerprint density at radius 1 is 1.00 bits per heavy atom. The summed E-state index contributed by atoms with van der Waals surface area (Å²) in [5.74, 6) is -0.634. The first-order valence-corrected chi connectivity index (χ1v) is 11.3. The molecule has 1 amide bonds. The monoisotopic (exact) mass is 466 g/mol. The number of oxime groups is 1. The average molecular weight is 467 g/mol. The summed E-state index contributed by atoms with van der Waals surface area (Å²) in [7, 11) is 0. The summed E-state index contributed by atoms with van der Waals surface area (Å²) >= 11 is 0. The smallest absolute Gasteiger partial charge is 0.251 e. The molecule has 3 heterocycles. The number of benzene rings is 2. The summed E-state index contributed by atoms with van der Waals surface area (Å²) in [6, 6.07) is 21.5. The fraction of sp³-hybridized carbons (Fsp3) is 0.143. The van der Waals surface area contributed by atoms with Crippen LogP contribution in [0.25, 0.3) is 11.1 Å². The molecule has 7 heteroatoms. The molecule has 5 rings (SSSR count). The molecule has 1 aliphatic heterocycles. The van der Waals surface area contributed by atoms with Crippen molar-refractivity contribution >= 4 is 11.6 Å². The van der Waals surface area contributed by atoms with Gasteiger partial charge in [0.1, 0.15) is 5.82 Å². The van der Waals surface area contributed by atoms with Crippen molar-refractivity contribution in [2.24, 2.45) is 5.16 Å². The van der Waals surface area contributed by atoms with Crippen LogP contribution in [-0.4, -0.2) is 21.6 Å². The highest BCUT2D eigenvalue weighted by Gasteiger charge is 2.26. The molecule has 0 saturated heterocycles. The number of nitrogens with one attached hydrogen (secondary N) is 1. The molecule has 2 aromatic carbocycles. The third-order valence-electron chi connectivity index (χ3n) is 5.81. The van der Waals surface area contributed by atoms with Gasteiger partial charge in [-0.3, -0.25) is 14.8 Å². The Hall–Kier alpha value is -4.39. The number of pyridine rings is 2. The van der Waals surface area contributed by atoms with Crippen molar-refractivity contribution in [2.45, 2.75) is 26.0 Å². The molecule has 0 bridgehead atoms. The Labute approximate surface area is 202 Å². The number of nitrogens with zero attached hydrogens (tertiary/aromatic N) is 3. The predicted octanol–water partition coefficient (Wildman–Crippen LogP) is 5.39. The molecule has 0 radical (unpaired) electrons. The Bertz CT molecular complexity index is 1390. The zero-order valence-electron chi connectivity index (χ0n) is 19.1. The van der Waals surface area contributed by atoms with E-state index in [-0.39, 0.29) is 24.4 Å². The second-order valence-corrected chi connectivity index (χ2v) is 8.38. The third kappa shape index (κ3) is 5.09. The van der Waals surface area contributed by atoms with E-state index in [1.54, 1.807) is 30.6 Å². The van der Waals surface area contributed by atoms with Gasteiger partial charge >= 0.3 is 0 Å². The van der Waals surface area contributed by atoms with Crippen LogP contribution in [0, 0.1) is 12.7 Å². The highest BCUT2D eigenvalue weighted by Crippen LogP contribution is 2.31.